The number of aromatic nitrogens is 1. The fourth-order valence-electron chi connectivity index (χ4n) is 2.49. The molecule has 1 heterocycles. The topological polar surface area (TPSA) is 42.2 Å². The van der Waals surface area contributed by atoms with Crippen LogP contribution in [0.3, 0.4) is 0 Å². The summed E-state index contributed by atoms with van der Waals surface area (Å²) < 4.78 is 2.00. The van der Waals surface area contributed by atoms with E-state index in [2.05, 4.69) is 0 Å². The van der Waals surface area contributed by atoms with Gasteiger partial charge in [-0.05, 0) is 30.2 Å². The SMILES string of the molecule is O=c1ccn(-c2ccccc2CCO)c2ccccc12. The van der Waals surface area contributed by atoms with Gasteiger partial charge in [-0.25, -0.2) is 0 Å². The number of aliphatic hydroxyl groups is 1. The third-order valence-corrected chi connectivity index (χ3v) is 3.44. The van der Waals surface area contributed by atoms with Crippen LogP contribution in [0.25, 0.3) is 16.6 Å². The van der Waals surface area contributed by atoms with Crippen LogP contribution >= 0.6 is 0 Å². The molecule has 0 aliphatic rings. The molecule has 0 bridgehead atoms. The Labute approximate surface area is 116 Å². The summed E-state index contributed by atoms with van der Waals surface area (Å²) in [6.07, 6.45) is 2.39. The van der Waals surface area contributed by atoms with Crippen molar-refractivity contribution in [3.63, 3.8) is 0 Å². The molecule has 0 saturated carbocycles. The molecule has 0 atom stereocenters. The molecule has 2 aromatic carbocycles. The molecule has 20 heavy (non-hydrogen) atoms. The smallest absolute Gasteiger partial charge is 0.189 e. The number of hydrogen-bond donors (Lipinski definition) is 1. The molecular weight excluding hydrogens is 250 g/mol. The van der Waals surface area contributed by atoms with Crippen molar-refractivity contribution in [2.24, 2.45) is 0 Å². The molecule has 0 aliphatic heterocycles. The average molecular weight is 265 g/mol. The minimum Gasteiger partial charge on any atom is -0.396 e. The Morgan fingerprint density at radius 3 is 2.55 bits per heavy atom. The van der Waals surface area contributed by atoms with Gasteiger partial charge in [0, 0.05) is 29.9 Å². The molecule has 0 saturated heterocycles. The number of benzene rings is 2. The first-order valence-electron chi connectivity index (χ1n) is 6.61. The number of pyridine rings is 1. The van der Waals surface area contributed by atoms with E-state index in [9.17, 15) is 9.90 Å². The van der Waals surface area contributed by atoms with Gasteiger partial charge in [-0.15, -0.1) is 0 Å². The van der Waals surface area contributed by atoms with Crippen LogP contribution in [-0.4, -0.2) is 16.3 Å². The van der Waals surface area contributed by atoms with E-state index in [1.807, 2.05) is 53.1 Å². The molecule has 0 radical (unpaired) electrons. The first-order chi connectivity index (χ1) is 9.81. The maximum absolute atomic E-state index is 11.9. The molecule has 100 valence electrons. The van der Waals surface area contributed by atoms with Gasteiger partial charge < -0.3 is 9.67 Å². The van der Waals surface area contributed by atoms with Gasteiger partial charge in [-0.3, -0.25) is 4.79 Å². The second-order valence-corrected chi connectivity index (χ2v) is 4.67. The minimum atomic E-state index is 0.0245. The Hall–Kier alpha value is -2.39. The Kier molecular flexibility index (Phi) is 3.35. The van der Waals surface area contributed by atoms with Crippen LogP contribution in [0.2, 0.25) is 0 Å². The van der Waals surface area contributed by atoms with E-state index >= 15 is 0 Å². The molecule has 0 fully saturated rings. The Morgan fingerprint density at radius 1 is 0.950 bits per heavy atom. The molecule has 0 spiro atoms. The van der Waals surface area contributed by atoms with E-state index in [0.29, 0.717) is 11.8 Å². The Bertz CT molecular complexity index is 805. The maximum atomic E-state index is 11.9. The highest BCUT2D eigenvalue weighted by atomic mass is 16.3. The van der Waals surface area contributed by atoms with Gasteiger partial charge in [-0.2, -0.15) is 0 Å². The second kappa shape index (κ2) is 5.31. The predicted octanol–water partition coefficient (Wildman–Crippen LogP) is 2.53. The summed E-state index contributed by atoms with van der Waals surface area (Å²) in [6, 6.07) is 17.1. The van der Waals surface area contributed by atoms with E-state index in [1.165, 1.54) is 0 Å². The van der Waals surface area contributed by atoms with Crippen LogP contribution in [0, 0.1) is 0 Å². The van der Waals surface area contributed by atoms with Gasteiger partial charge in [-0.1, -0.05) is 30.3 Å². The first kappa shape index (κ1) is 12.6. The quantitative estimate of drug-likeness (QED) is 0.790. The third kappa shape index (κ3) is 2.12. The van der Waals surface area contributed by atoms with Crippen molar-refractivity contribution in [1.29, 1.82) is 0 Å². The molecule has 3 nitrogen and oxygen atoms in total. The molecule has 3 rings (SSSR count). The number of hydrogen-bond acceptors (Lipinski definition) is 2. The average Bonchev–Trinajstić information content (AvgIpc) is 2.49. The number of nitrogens with zero attached hydrogens (tertiary/aromatic N) is 1. The lowest BCUT2D eigenvalue weighted by molar-refractivity contribution is 0.299. The van der Waals surface area contributed by atoms with Gasteiger partial charge in [0.1, 0.15) is 0 Å². The third-order valence-electron chi connectivity index (χ3n) is 3.44. The van der Waals surface area contributed by atoms with Crippen molar-refractivity contribution in [2.45, 2.75) is 6.42 Å². The summed E-state index contributed by atoms with van der Waals surface area (Å²) in [5, 5.41) is 9.89. The van der Waals surface area contributed by atoms with Crippen molar-refractivity contribution < 1.29 is 5.11 Å². The summed E-state index contributed by atoms with van der Waals surface area (Å²) in [4.78, 5) is 11.9. The lowest BCUT2D eigenvalue weighted by Crippen LogP contribution is -2.08. The molecular formula is C17H15NO2. The number of para-hydroxylation sites is 2. The van der Waals surface area contributed by atoms with Gasteiger partial charge in [0.05, 0.1) is 5.52 Å². The highest BCUT2D eigenvalue weighted by Crippen LogP contribution is 2.19. The van der Waals surface area contributed by atoms with E-state index in [0.717, 1.165) is 16.8 Å². The molecule has 3 aromatic rings. The lowest BCUT2D eigenvalue weighted by atomic mass is 10.1. The molecule has 3 heteroatoms. The fraction of sp³-hybridized carbons (Fsp3) is 0.118. The number of rotatable bonds is 3. The highest BCUT2D eigenvalue weighted by molar-refractivity contribution is 5.80. The van der Waals surface area contributed by atoms with Crippen LogP contribution in [0.1, 0.15) is 5.56 Å². The standard InChI is InChI=1S/C17H15NO2/c19-12-10-13-5-1-3-7-15(13)18-11-9-17(20)14-6-2-4-8-16(14)18/h1-9,11,19H,10,12H2. The number of fused-ring (bicyclic) bond motifs is 1. The molecule has 0 aliphatic carbocycles. The van der Waals surface area contributed by atoms with Gasteiger partial charge in [0.2, 0.25) is 0 Å². The Morgan fingerprint density at radius 2 is 1.70 bits per heavy atom. The van der Waals surface area contributed by atoms with E-state index in [-0.39, 0.29) is 12.0 Å². The summed E-state index contributed by atoms with van der Waals surface area (Å²) in [5.41, 5.74) is 2.96. The van der Waals surface area contributed by atoms with Gasteiger partial charge in [0.15, 0.2) is 5.43 Å². The van der Waals surface area contributed by atoms with Crippen molar-refractivity contribution >= 4 is 10.9 Å². The monoisotopic (exact) mass is 265 g/mol. The molecule has 0 unspecified atom stereocenters. The first-order valence-corrected chi connectivity index (χ1v) is 6.61. The van der Waals surface area contributed by atoms with E-state index in [4.69, 9.17) is 0 Å². The van der Waals surface area contributed by atoms with Crippen molar-refractivity contribution in [3.05, 3.63) is 76.6 Å². The van der Waals surface area contributed by atoms with Crippen LogP contribution in [-0.2, 0) is 6.42 Å². The lowest BCUT2D eigenvalue weighted by Gasteiger charge is -2.14. The highest BCUT2D eigenvalue weighted by Gasteiger charge is 2.07. The molecule has 0 amide bonds. The zero-order valence-electron chi connectivity index (χ0n) is 11.0. The normalized spacial score (nSPS) is 10.8. The zero-order valence-corrected chi connectivity index (χ0v) is 11.0. The van der Waals surface area contributed by atoms with Crippen LogP contribution in [0.5, 0.6) is 0 Å². The predicted molar refractivity (Wildman–Crippen MR) is 80.3 cm³/mol. The summed E-state index contributed by atoms with van der Waals surface area (Å²) in [6.45, 7) is 0.106. The second-order valence-electron chi connectivity index (χ2n) is 4.67. The minimum absolute atomic E-state index is 0.0245. The summed E-state index contributed by atoms with van der Waals surface area (Å²) >= 11 is 0. The van der Waals surface area contributed by atoms with E-state index in [1.54, 1.807) is 12.3 Å². The van der Waals surface area contributed by atoms with Gasteiger partial charge >= 0.3 is 0 Å². The van der Waals surface area contributed by atoms with Crippen LogP contribution < -0.4 is 5.43 Å². The van der Waals surface area contributed by atoms with Crippen LogP contribution in [0.4, 0.5) is 0 Å². The maximum Gasteiger partial charge on any atom is 0.189 e. The molecule has 1 aromatic heterocycles. The van der Waals surface area contributed by atoms with Crippen LogP contribution in [0.15, 0.2) is 65.6 Å². The number of aliphatic hydroxyl groups excluding tert-OH is 1. The largest absolute Gasteiger partial charge is 0.396 e. The van der Waals surface area contributed by atoms with Crippen molar-refractivity contribution in [2.75, 3.05) is 6.61 Å². The van der Waals surface area contributed by atoms with Gasteiger partial charge in [0.25, 0.3) is 0 Å². The summed E-state index contributed by atoms with van der Waals surface area (Å²) in [5.74, 6) is 0. The Balaban J connectivity index is 2.31. The van der Waals surface area contributed by atoms with Crippen molar-refractivity contribution in [3.8, 4) is 5.69 Å². The summed E-state index contributed by atoms with van der Waals surface area (Å²) in [7, 11) is 0. The fourth-order valence-corrected chi connectivity index (χ4v) is 2.49. The van der Waals surface area contributed by atoms with Crippen molar-refractivity contribution in [1.82, 2.24) is 4.57 Å². The van der Waals surface area contributed by atoms with E-state index < -0.39 is 0 Å². The molecule has 1 N–H and O–H groups in total. The zero-order chi connectivity index (χ0) is 13.9.